The first-order chi connectivity index (χ1) is 9.66. The topological polar surface area (TPSA) is 74.2 Å². The highest BCUT2D eigenvalue weighted by atomic mass is 16.5. The van der Waals surface area contributed by atoms with Gasteiger partial charge in [-0.3, -0.25) is 0 Å². The van der Waals surface area contributed by atoms with Gasteiger partial charge in [-0.2, -0.15) is 4.98 Å². The number of aryl methyl sites for hydroxylation is 1. The molecule has 1 aliphatic heterocycles. The zero-order chi connectivity index (χ0) is 14.0. The average molecular weight is 273 g/mol. The largest absolute Gasteiger partial charge is 0.381 e. The van der Waals surface area contributed by atoms with Crippen LogP contribution in [0.4, 0.5) is 0 Å². The van der Waals surface area contributed by atoms with E-state index in [0.717, 1.165) is 12.8 Å². The minimum atomic E-state index is -0.531. The summed E-state index contributed by atoms with van der Waals surface area (Å²) in [6, 6.07) is 8.33. The summed E-state index contributed by atoms with van der Waals surface area (Å²) in [5.41, 5.74) is 8.21. The lowest BCUT2D eigenvalue weighted by Gasteiger charge is -2.29. The summed E-state index contributed by atoms with van der Waals surface area (Å²) in [5.74, 6) is 1.21. The Bertz CT molecular complexity index is 571. The fourth-order valence-electron chi connectivity index (χ4n) is 2.37. The Morgan fingerprint density at radius 2 is 1.90 bits per heavy atom. The van der Waals surface area contributed by atoms with Crippen molar-refractivity contribution in [1.29, 1.82) is 0 Å². The zero-order valence-corrected chi connectivity index (χ0v) is 11.6. The molecular formula is C15H19N3O2. The Morgan fingerprint density at radius 1 is 1.20 bits per heavy atom. The second kappa shape index (κ2) is 5.34. The summed E-state index contributed by atoms with van der Waals surface area (Å²) >= 11 is 0. The number of hydrogen-bond acceptors (Lipinski definition) is 5. The molecule has 2 heterocycles. The third-order valence-corrected chi connectivity index (χ3v) is 3.76. The van der Waals surface area contributed by atoms with Crippen LogP contribution in [-0.2, 0) is 16.7 Å². The van der Waals surface area contributed by atoms with Gasteiger partial charge in [-0.25, -0.2) is 0 Å². The van der Waals surface area contributed by atoms with Gasteiger partial charge < -0.3 is 15.0 Å². The number of ether oxygens (including phenoxy) is 1. The molecule has 2 aromatic rings. The van der Waals surface area contributed by atoms with Gasteiger partial charge in [-0.15, -0.1) is 0 Å². The summed E-state index contributed by atoms with van der Waals surface area (Å²) in [7, 11) is 0. The van der Waals surface area contributed by atoms with E-state index in [2.05, 4.69) is 41.3 Å². The van der Waals surface area contributed by atoms with E-state index < -0.39 is 5.54 Å². The van der Waals surface area contributed by atoms with Gasteiger partial charge in [-0.1, -0.05) is 35.0 Å². The van der Waals surface area contributed by atoms with Gasteiger partial charge in [0.25, 0.3) is 0 Å². The first kappa shape index (κ1) is 13.3. The van der Waals surface area contributed by atoms with Crippen molar-refractivity contribution in [2.45, 2.75) is 31.7 Å². The molecule has 1 aromatic carbocycles. The maximum absolute atomic E-state index is 6.33. The normalized spacial score (nSPS) is 18.1. The number of benzene rings is 1. The van der Waals surface area contributed by atoms with E-state index in [4.69, 9.17) is 15.0 Å². The first-order valence-electron chi connectivity index (χ1n) is 6.91. The summed E-state index contributed by atoms with van der Waals surface area (Å²) < 4.78 is 10.7. The molecule has 0 atom stereocenters. The number of hydrogen-bond donors (Lipinski definition) is 1. The molecule has 0 saturated carbocycles. The smallest absolute Gasteiger partial charge is 0.246 e. The van der Waals surface area contributed by atoms with Crippen LogP contribution in [0, 0.1) is 6.92 Å². The Balaban J connectivity index is 1.74. The lowest BCUT2D eigenvalue weighted by atomic mass is 9.91. The van der Waals surface area contributed by atoms with Gasteiger partial charge in [0.05, 0.1) is 0 Å². The molecule has 5 nitrogen and oxygen atoms in total. The number of nitrogens with zero attached hydrogens (tertiary/aromatic N) is 2. The van der Waals surface area contributed by atoms with E-state index >= 15 is 0 Å². The lowest BCUT2D eigenvalue weighted by molar-refractivity contribution is 0.0400. The Morgan fingerprint density at radius 3 is 2.60 bits per heavy atom. The monoisotopic (exact) mass is 273 g/mol. The summed E-state index contributed by atoms with van der Waals surface area (Å²) in [4.78, 5) is 4.47. The van der Waals surface area contributed by atoms with Crippen molar-refractivity contribution in [3.63, 3.8) is 0 Å². The van der Waals surface area contributed by atoms with Crippen molar-refractivity contribution in [2.75, 3.05) is 13.2 Å². The van der Waals surface area contributed by atoms with Crippen LogP contribution in [0.1, 0.15) is 35.7 Å². The van der Waals surface area contributed by atoms with E-state index in [9.17, 15) is 0 Å². The summed E-state index contributed by atoms with van der Waals surface area (Å²) in [5, 5.41) is 4.05. The molecule has 1 fully saturated rings. The van der Waals surface area contributed by atoms with Crippen LogP contribution < -0.4 is 5.73 Å². The van der Waals surface area contributed by atoms with E-state index in [1.54, 1.807) is 0 Å². The molecule has 1 saturated heterocycles. The molecule has 0 amide bonds. The molecule has 0 aliphatic carbocycles. The van der Waals surface area contributed by atoms with Gasteiger partial charge in [0.15, 0.2) is 5.82 Å². The summed E-state index contributed by atoms with van der Waals surface area (Å²) in [6.07, 6.45) is 2.11. The highest BCUT2D eigenvalue weighted by Gasteiger charge is 2.35. The second-order valence-electron chi connectivity index (χ2n) is 5.45. The van der Waals surface area contributed by atoms with Crippen molar-refractivity contribution < 1.29 is 9.26 Å². The maximum Gasteiger partial charge on any atom is 0.246 e. The average Bonchev–Trinajstić information content (AvgIpc) is 2.92. The minimum Gasteiger partial charge on any atom is -0.381 e. The molecule has 1 aromatic heterocycles. The molecule has 1 aliphatic rings. The Hall–Kier alpha value is -1.72. The van der Waals surface area contributed by atoms with Gasteiger partial charge in [-0.05, 0) is 25.3 Å². The van der Waals surface area contributed by atoms with Crippen molar-refractivity contribution >= 4 is 0 Å². The fraction of sp³-hybridized carbons (Fsp3) is 0.467. The van der Waals surface area contributed by atoms with Crippen LogP contribution in [0.25, 0.3) is 0 Å². The van der Waals surface area contributed by atoms with Crippen molar-refractivity contribution in [3.05, 3.63) is 47.1 Å². The molecule has 0 spiro atoms. The molecule has 20 heavy (non-hydrogen) atoms. The summed E-state index contributed by atoms with van der Waals surface area (Å²) in [6.45, 7) is 3.36. The second-order valence-corrected chi connectivity index (χ2v) is 5.45. The van der Waals surface area contributed by atoms with Crippen LogP contribution >= 0.6 is 0 Å². The van der Waals surface area contributed by atoms with Gasteiger partial charge in [0.2, 0.25) is 5.89 Å². The van der Waals surface area contributed by atoms with Crippen molar-refractivity contribution in [3.8, 4) is 0 Å². The highest BCUT2D eigenvalue weighted by Crippen LogP contribution is 2.28. The Kier molecular flexibility index (Phi) is 3.54. The van der Waals surface area contributed by atoms with Gasteiger partial charge >= 0.3 is 0 Å². The predicted octanol–water partition coefficient (Wildman–Crippen LogP) is 1.93. The van der Waals surface area contributed by atoms with Gasteiger partial charge in [0, 0.05) is 19.6 Å². The predicted molar refractivity (Wildman–Crippen MR) is 74.2 cm³/mol. The van der Waals surface area contributed by atoms with Crippen molar-refractivity contribution in [2.24, 2.45) is 5.73 Å². The van der Waals surface area contributed by atoms with Crippen LogP contribution in [0.3, 0.4) is 0 Å². The standard InChI is InChI=1S/C15H19N3O2/c1-11-2-4-12(5-3-11)10-13-17-14(20-18-13)15(16)6-8-19-9-7-15/h2-5H,6-10,16H2,1H3. The fourth-order valence-corrected chi connectivity index (χ4v) is 2.37. The number of rotatable bonds is 3. The number of nitrogens with two attached hydrogens (primary N) is 1. The number of aromatic nitrogens is 2. The molecular weight excluding hydrogens is 254 g/mol. The van der Waals surface area contributed by atoms with Crippen LogP contribution in [-0.4, -0.2) is 23.4 Å². The minimum absolute atomic E-state index is 0.530. The van der Waals surface area contributed by atoms with Gasteiger partial charge in [0.1, 0.15) is 5.54 Å². The van der Waals surface area contributed by atoms with Crippen LogP contribution in [0.5, 0.6) is 0 Å². The lowest BCUT2D eigenvalue weighted by Crippen LogP contribution is -2.42. The van der Waals surface area contributed by atoms with E-state index in [1.807, 2.05) is 0 Å². The third-order valence-electron chi connectivity index (χ3n) is 3.76. The SMILES string of the molecule is Cc1ccc(Cc2noc(C3(N)CCOCC3)n2)cc1. The molecule has 0 bridgehead atoms. The third kappa shape index (κ3) is 2.73. The maximum atomic E-state index is 6.33. The molecule has 2 N–H and O–H groups in total. The van der Waals surface area contributed by atoms with E-state index in [1.165, 1.54) is 11.1 Å². The molecule has 106 valence electrons. The van der Waals surface area contributed by atoms with Crippen LogP contribution in [0.2, 0.25) is 0 Å². The quantitative estimate of drug-likeness (QED) is 0.925. The first-order valence-corrected chi connectivity index (χ1v) is 6.91. The van der Waals surface area contributed by atoms with E-state index in [0.29, 0.717) is 31.3 Å². The molecule has 0 radical (unpaired) electrons. The van der Waals surface area contributed by atoms with E-state index in [-0.39, 0.29) is 0 Å². The molecule has 3 rings (SSSR count). The highest BCUT2D eigenvalue weighted by molar-refractivity contribution is 5.23. The molecule has 0 unspecified atom stereocenters. The Labute approximate surface area is 118 Å². The van der Waals surface area contributed by atoms with Crippen LogP contribution in [0.15, 0.2) is 28.8 Å². The molecule has 5 heteroatoms. The van der Waals surface area contributed by atoms with Crippen molar-refractivity contribution in [1.82, 2.24) is 10.1 Å². The zero-order valence-electron chi connectivity index (χ0n) is 11.6.